The topological polar surface area (TPSA) is 83.3 Å². The highest BCUT2D eigenvalue weighted by Gasteiger charge is 2.23. The number of ether oxygens (including phenoxy) is 1. The van der Waals surface area contributed by atoms with E-state index < -0.39 is 5.97 Å². The number of methoxy groups -OCH3 is 1. The summed E-state index contributed by atoms with van der Waals surface area (Å²) >= 11 is 0. The Balaban J connectivity index is 2.20. The van der Waals surface area contributed by atoms with Crippen molar-refractivity contribution in [3.05, 3.63) is 35.7 Å². The van der Waals surface area contributed by atoms with Crippen LogP contribution in [0.15, 0.2) is 22.8 Å². The number of esters is 1. The van der Waals surface area contributed by atoms with Gasteiger partial charge in [0, 0.05) is 18.9 Å². The van der Waals surface area contributed by atoms with Gasteiger partial charge >= 0.3 is 5.97 Å². The number of carbonyl (C=O) groups is 1. The van der Waals surface area contributed by atoms with E-state index in [0.717, 1.165) is 24.4 Å². The quantitative estimate of drug-likeness (QED) is 0.827. The molecular formula is C15H21N3O3. The summed E-state index contributed by atoms with van der Waals surface area (Å²) in [5.74, 6) is 1.59. The van der Waals surface area contributed by atoms with Gasteiger partial charge in [0.2, 0.25) is 0 Å². The van der Waals surface area contributed by atoms with Crippen molar-refractivity contribution in [1.82, 2.24) is 9.55 Å². The van der Waals surface area contributed by atoms with Gasteiger partial charge in [-0.15, -0.1) is 0 Å². The van der Waals surface area contributed by atoms with Crippen molar-refractivity contribution in [1.29, 1.82) is 0 Å². The molecule has 0 aliphatic rings. The van der Waals surface area contributed by atoms with Crippen LogP contribution in [0.25, 0.3) is 0 Å². The van der Waals surface area contributed by atoms with E-state index >= 15 is 0 Å². The third-order valence-corrected chi connectivity index (χ3v) is 3.55. The van der Waals surface area contributed by atoms with Gasteiger partial charge < -0.3 is 19.5 Å². The summed E-state index contributed by atoms with van der Waals surface area (Å²) in [6, 6.07) is 3.94. The third kappa shape index (κ3) is 3.09. The first kappa shape index (κ1) is 15.2. The maximum absolute atomic E-state index is 11.7. The second-order valence-corrected chi connectivity index (χ2v) is 4.94. The molecule has 0 saturated carbocycles. The first-order valence-corrected chi connectivity index (χ1v) is 7.05. The number of carbonyl (C=O) groups excluding carboxylic acids is 1. The number of aryl methyl sites for hydroxylation is 2. The highest BCUT2D eigenvalue weighted by atomic mass is 16.5. The number of nitrogen functional groups attached to an aromatic ring is 1. The standard InChI is InChI=1S/C15H21N3O3/c1-4-12-17-13(15(19)20-3)14(16)18(12)10(2)7-8-11-6-5-9-21-11/h5-6,9-10H,4,7-8,16H2,1-3H3. The van der Waals surface area contributed by atoms with Crippen LogP contribution in [0.4, 0.5) is 5.82 Å². The fourth-order valence-electron chi connectivity index (χ4n) is 2.42. The van der Waals surface area contributed by atoms with Gasteiger partial charge in [-0.25, -0.2) is 9.78 Å². The van der Waals surface area contributed by atoms with Crippen LogP contribution >= 0.6 is 0 Å². The SMILES string of the molecule is CCc1nc(C(=O)OC)c(N)n1C(C)CCc1ccco1. The molecule has 6 heteroatoms. The largest absolute Gasteiger partial charge is 0.469 e. The molecule has 0 amide bonds. The molecule has 21 heavy (non-hydrogen) atoms. The number of imidazole rings is 1. The maximum atomic E-state index is 11.7. The fourth-order valence-corrected chi connectivity index (χ4v) is 2.42. The van der Waals surface area contributed by atoms with Crippen LogP contribution in [-0.2, 0) is 17.6 Å². The van der Waals surface area contributed by atoms with Crippen molar-refractivity contribution in [2.24, 2.45) is 0 Å². The van der Waals surface area contributed by atoms with E-state index in [-0.39, 0.29) is 11.7 Å². The highest BCUT2D eigenvalue weighted by molar-refractivity contribution is 5.92. The van der Waals surface area contributed by atoms with Gasteiger partial charge in [0.25, 0.3) is 0 Å². The number of rotatable bonds is 6. The lowest BCUT2D eigenvalue weighted by molar-refractivity contribution is 0.0595. The average Bonchev–Trinajstić information content (AvgIpc) is 3.11. The minimum atomic E-state index is -0.501. The van der Waals surface area contributed by atoms with Gasteiger partial charge in [0.1, 0.15) is 17.4 Å². The molecule has 1 atom stereocenters. The number of nitrogens with two attached hydrogens (primary N) is 1. The van der Waals surface area contributed by atoms with Crippen LogP contribution in [0, 0.1) is 0 Å². The van der Waals surface area contributed by atoms with Crippen molar-refractivity contribution in [3.63, 3.8) is 0 Å². The Labute approximate surface area is 123 Å². The van der Waals surface area contributed by atoms with Gasteiger partial charge in [-0.3, -0.25) is 0 Å². The summed E-state index contributed by atoms with van der Waals surface area (Å²) in [5.41, 5.74) is 6.28. The first-order chi connectivity index (χ1) is 10.1. The van der Waals surface area contributed by atoms with Crippen molar-refractivity contribution in [2.45, 2.75) is 39.2 Å². The van der Waals surface area contributed by atoms with Gasteiger partial charge in [0.05, 0.1) is 13.4 Å². The Morgan fingerprint density at radius 2 is 2.33 bits per heavy atom. The molecule has 6 nitrogen and oxygen atoms in total. The highest BCUT2D eigenvalue weighted by Crippen LogP contribution is 2.25. The van der Waals surface area contributed by atoms with Crippen molar-refractivity contribution in [3.8, 4) is 0 Å². The molecule has 0 radical (unpaired) electrons. The molecule has 0 spiro atoms. The van der Waals surface area contributed by atoms with E-state index in [4.69, 9.17) is 14.9 Å². The van der Waals surface area contributed by atoms with Gasteiger partial charge in [0.15, 0.2) is 5.69 Å². The van der Waals surface area contributed by atoms with E-state index in [1.807, 2.05) is 23.6 Å². The Morgan fingerprint density at radius 3 is 2.90 bits per heavy atom. The van der Waals surface area contributed by atoms with Gasteiger partial charge in [-0.1, -0.05) is 6.92 Å². The molecule has 2 rings (SSSR count). The van der Waals surface area contributed by atoms with E-state index in [9.17, 15) is 4.79 Å². The monoisotopic (exact) mass is 291 g/mol. The summed E-state index contributed by atoms with van der Waals surface area (Å²) in [6.07, 6.45) is 4.02. The predicted octanol–water partition coefficient (Wildman–Crippen LogP) is 2.60. The van der Waals surface area contributed by atoms with Crippen LogP contribution in [-0.4, -0.2) is 22.6 Å². The van der Waals surface area contributed by atoms with Crippen LogP contribution in [0.1, 0.15) is 48.4 Å². The predicted molar refractivity (Wildman–Crippen MR) is 79.1 cm³/mol. The zero-order valence-corrected chi connectivity index (χ0v) is 12.6. The van der Waals surface area contributed by atoms with Crippen LogP contribution in [0.5, 0.6) is 0 Å². The zero-order chi connectivity index (χ0) is 15.4. The van der Waals surface area contributed by atoms with Crippen molar-refractivity contribution < 1.29 is 13.9 Å². The Morgan fingerprint density at radius 1 is 1.57 bits per heavy atom. The molecular weight excluding hydrogens is 270 g/mol. The molecule has 0 saturated heterocycles. The summed E-state index contributed by atoms with van der Waals surface area (Å²) in [7, 11) is 1.33. The lowest BCUT2D eigenvalue weighted by Crippen LogP contribution is -2.13. The lowest BCUT2D eigenvalue weighted by atomic mass is 10.1. The van der Waals surface area contributed by atoms with Crippen LogP contribution < -0.4 is 5.73 Å². The Hall–Kier alpha value is -2.24. The number of furan rings is 1. The number of aromatic nitrogens is 2. The first-order valence-electron chi connectivity index (χ1n) is 7.05. The van der Waals surface area contributed by atoms with Crippen LogP contribution in [0.3, 0.4) is 0 Å². The van der Waals surface area contributed by atoms with E-state index in [1.54, 1.807) is 6.26 Å². The maximum Gasteiger partial charge on any atom is 0.360 e. The Kier molecular flexibility index (Phi) is 4.67. The second kappa shape index (κ2) is 6.47. The summed E-state index contributed by atoms with van der Waals surface area (Å²) in [4.78, 5) is 16.0. The molecule has 0 aliphatic carbocycles. The lowest BCUT2D eigenvalue weighted by Gasteiger charge is -2.17. The molecule has 1 unspecified atom stereocenters. The smallest absolute Gasteiger partial charge is 0.360 e. The molecule has 0 fully saturated rings. The molecule has 0 aromatic carbocycles. The summed E-state index contributed by atoms with van der Waals surface area (Å²) in [5, 5.41) is 0. The number of anilines is 1. The van der Waals surface area contributed by atoms with E-state index in [2.05, 4.69) is 11.9 Å². The van der Waals surface area contributed by atoms with Crippen LogP contribution in [0.2, 0.25) is 0 Å². The molecule has 114 valence electrons. The summed E-state index contributed by atoms with van der Waals surface area (Å²) in [6.45, 7) is 4.04. The summed E-state index contributed by atoms with van der Waals surface area (Å²) < 4.78 is 12.0. The minimum Gasteiger partial charge on any atom is -0.469 e. The van der Waals surface area contributed by atoms with Crippen molar-refractivity contribution in [2.75, 3.05) is 12.8 Å². The molecule has 2 heterocycles. The molecule has 0 bridgehead atoms. The molecule has 2 N–H and O–H groups in total. The second-order valence-electron chi connectivity index (χ2n) is 4.94. The molecule has 2 aromatic rings. The third-order valence-electron chi connectivity index (χ3n) is 3.55. The Bertz CT molecular complexity index is 602. The number of nitrogens with zero attached hydrogens (tertiary/aromatic N) is 2. The normalized spacial score (nSPS) is 12.3. The molecule has 2 aromatic heterocycles. The van der Waals surface area contributed by atoms with Crippen molar-refractivity contribution >= 4 is 11.8 Å². The fraction of sp³-hybridized carbons (Fsp3) is 0.467. The number of hydrogen-bond donors (Lipinski definition) is 1. The van der Waals surface area contributed by atoms with E-state index in [0.29, 0.717) is 12.2 Å². The minimum absolute atomic E-state index is 0.121. The van der Waals surface area contributed by atoms with Gasteiger partial charge in [-0.05, 0) is 25.5 Å². The number of hydrogen-bond acceptors (Lipinski definition) is 5. The molecule has 0 aliphatic heterocycles. The zero-order valence-electron chi connectivity index (χ0n) is 12.6. The van der Waals surface area contributed by atoms with E-state index in [1.165, 1.54) is 7.11 Å². The van der Waals surface area contributed by atoms with Gasteiger partial charge in [-0.2, -0.15) is 0 Å². The average molecular weight is 291 g/mol.